The van der Waals surface area contributed by atoms with Crippen LogP contribution >= 0.6 is 0 Å². The van der Waals surface area contributed by atoms with E-state index in [1.54, 1.807) is 13.3 Å². The highest BCUT2D eigenvalue weighted by molar-refractivity contribution is 5.13. The summed E-state index contributed by atoms with van der Waals surface area (Å²) < 4.78 is 4.95. The minimum Gasteiger partial charge on any atom is -0.395 e. The van der Waals surface area contributed by atoms with Gasteiger partial charge in [0, 0.05) is 24.9 Å². The molecular weight excluding hydrogens is 182 g/mol. The Balaban J connectivity index is 2.35. The van der Waals surface area contributed by atoms with Gasteiger partial charge in [0.1, 0.15) is 0 Å². The zero-order valence-electron chi connectivity index (χ0n) is 8.58. The fraction of sp³-hybridized carbons (Fsp3) is 0.667. The first-order valence-corrected chi connectivity index (χ1v) is 4.60. The van der Waals surface area contributed by atoms with Crippen LogP contribution in [0.2, 0.25) is 0 Å². The molecule has 14 heavy (non-hydrogen) atoms. The number of nitrogens with zero attached hydrogens (tertiary/aromatic N) is 1. The van der Waals surface area contributed by atoms with Crippen molar-refractivity contribution in [2.75, 3.05) is 20.3 Å². The lowest BCUT2D eigenvalue weighted by atomic mass is 10.2. The molecule has 5 heteroatoms. The molecule has 1 unspecified atom stereocenters. The van der Waals surface area contributed by atoms with Gasteiger partial charge in [0.15, 0.2) is 0 Å². The van der Waals surface area contributed by atoms with Crippen molar-refractivity contribution in [2.45, 2.75) is 19.5 Å². The summed E-state index contributed by atoms with van der Waals surface area (Å²) in [6, 6.07) is -0.0192. The lowest BCUT2D eigenvalue weighted by Gasteiger charge is -2.14. The smallest absolute Gasteiger partial charge is 0.0638 e. The third-order valence-electron chi connectivity index (χ3n) is 2.10. The van der Waals surface area contributed by atoms with E-state index >= 15 is 0 Å². The van der Waals surface area contributed by atoms with Crippen molar-refractivity contribution >= 4 is 0 Å². The second kappa shape index (κ2) is 5.74. The van der Waals surface area contributed by atoms with Crippen molar-refractivity contribution in [2.24, 2.45) is 0 Å². The number of rotatable bonds is 6. The minimum absolute atomic E-state index is 0.0192. The van der Waals surface area contributed by atoms with E-state index < -0.39 is 0 Å². The minimum atomic E-state index is -0.0192. The molecule has 0 saturated heterocycles. The van der Waals surface area contributed by atoms with Gasteiger partial charge in [-0.1, -0.05) is 0 Å². The van der Waals surface area contributed by atoms with Crippen LogP contribution < -0.4 is 5.32 Å². The maximum atomic E-state index is 8.99. The average Bonchev–Trinajstić information content (AvgIpc) is 2.59. The second-order valence-electron chi connectivity index (χ2n) is 3.24. The first-order valence-electron chi connectivity index (χ1n) is 4.60. The van der Waals surface area contributed by atoms with Gasteiger partial charge in [-0.2, -0.15) is 5.10 Å². The van der Waals surface area contributed by atoms with Gasteiger partial charge >= 0.3 is 0 Å². The molecule has 5 nitrogen and oxygen atoms in total. The number of ether oxygens (including phenoxy) is 1. The highest BCUT2D eigenvalue weighted by atomic mass is 16.5. The summed E-state index contributed by atoms with van der Waals surface area (Å²) in [5.74, 6) is 0. The van der Waals surface area contributed by atoms with Gasteiger partial charge in [-0.25, -0.2) is 0 Å². The van der Waals surface area contributed by atoms with Crippen molar-refractivity contribution in [3.05, 3.63) is 17.5 Å². The Morgan fingerprint density at radius 1 is 1.71 bits per heavy atom. The number of aryl methyl sites for hydroxylation is 1. The van der Waals surface area contributed by atoms with Crippen molar-refractivity contribution in [1.82, 2.24) is 15.5 Å². The van der Waals surface area contributed by atoms with E-state index in [0.29, 0.717) is 13.2 Å². The molecule has 0 amide bonds. The lowest BCUT2D eigenvalue weighted by molar-refractivity contribution is 0.128. The SMILES string of the molecule is COCC(CO)NCc1cn[nH]c1C. The number of methoxy groups -OCH3 is 1. The number of H-pyrrole nitrogens is 1. The normalized spacial score (nSPS) is 13.1. The monoisotopic (exact) mass is 199 g/mol. The molecule has 0 aliphatic heterocycles. The van der Waals surface area contributed by atoms with Gasteiger partial charge in [0.25, 0.3) is 0 Å². The molecule has 1 aromatic heterocycles. The first kappa shape index (κ1) is 11.2. The molecule has 1 atom stereocenters. The topological polar surface area (TPSA) is 70.2 Å². The van der Waals surface area contributed by atoms with E-state index in [2.05, 4.69) is 15.5 Å². The zero-order valence-corrected chi connectivity index (χ0v) is 8.58. The van der Waals surface area contributed by atoms with E-state index in [1.165, 1.54) is 0 Å². The van der Waals surface area contributed by atoms with Crippen LogP contribution in [0.5, 0.6) is 0 Å². The van der Waals surface area contributed by atoms with Crippen LogP contribution in [-0.4, -0.2) is 41.7 Å². The van der Waals surface area contributed by atoms with Gasteiger partial charge in [-0.3, -0.25) is 5.10 Å². The second-order valence-corrected chi connectivity index (χ2v) is 3.24. The van der Waals surface area contributed by atoms with Crippen LogP contribution in [0.3, 0.4) is 0 Å². The maximum absolute atomic E-state index is 8.99. The third kappa shape index (κ3) is 3.10. The van der Waals surface area contributed by atoms with Gasteiger partial charge < -0.3 is 15.2 Å². The summed E-state index contributed by atoms with van der Waals surface area (Å²) >= 11 is 0. The predicted octanol–water partition coefficient (Wildman–Crippen LogP) is -0.185. The fourth-order valence-electron chi connectivity index (χ4n) is 1.19. The molecule has 80 valence electrons. The highest BCUT2D eigenvalue weighted by Gasteiger charge is 2.07. The molecule has 0 spiro atoms. The third-order valence-corrected chi connectivity index (χ3v) is 2.10. The quantitative estimate of drug-likeness (QED) is 0.594. The van der Waals surface area contributed by atoms with Crippen LogP contribution in [0.25, 0.3) is 0 Å². The molecule has 0 fully saturated rings. The molecule has 0 aliphatic rings. The number of aliphatic hydroxyl groups excluding tert-OH is 1. The Labute approximate surface area is 83.5 Å². The number of aliphatic hydroxyl groups is 1. The molecule has 0 aromatic carbocycles. The van der Waals surface area contributed by atoms with Gasteiger partial charge in [0.2, 0.25) is 0 Å². The Morgan fingerprint density at radius 3 is 3.00 bits per heavy atom. The van der Waals surface area contributed by atoms with E-state index in [4.69, 9.17) is 9.84 Å². The number of aromatic nitrogens is 2. The average molecular weight is 199 g/mol. The van der Waals surface area contributed by atoms with Gasteiger partial charge in [0.05, 0.1) is 25.5 Å². The van der Waals surface area contributed by atoms with Crippen molar-refractivity contribution in [3.8, 4) is 0 Å². The Kier molecular flexibility index (Phi) is 4.58. The summed E-state index contributed by atoms with van der Waals surface area (Å²) in [5, 5.41) is 18.9. The van der Waals surface area contributed by atoms with Crippen LogP contribution in [0.1, 0.15) is 11.3 Å². The van der Waals surface area contributed by atoms with Crippen molar-refractivity contribution < 1.29 is 9.84 Å². The predicted molar refractivity (Wildman–Crippen MR) is 52.9 cm³/mol. The first-order chi connectivity index (χ1) is 6.77. The Bertz CT molecular complexity index is 262. The standard InChI is InChI=1S/C9H17N3O2/c1-7-8(4-11-12-7)3-10-9(5-13)6-14-2/h4,9-10,13H,3,5-6H2,1-2H3,(H,11,12). The number of hydrogen-bond donors (Lipinski definition) is 3. The Morgan fingerprint density at radius 2 is 2.50 bits per heavy atom. The van der Waals surface area contributed by atoms with Gasteiger partial charge in [-0.15, -0.1) is 0 Å². The molecule has 0 radical (unpaired) electrons. The maximum Gasteiger partial charge on any atom is 0.0638 e. The van der Waals surface area contributed by atoms with Crippen LogP contribution in [0.15, 0.2) is 6.20 Å². The Hall–Kier alpha value is -0.910. The molecule has 3 N–H and O–H groups in total. The number of nitrogens with one attached hydrogen (secondary N) is 2. The summed E-state index contributed by atoms with van der Waals surface area (Å²) in [6.45, 7) is 3.24. The number of hydrogen-bond acceptors (Lipinski definition) is 4. The largest absolute Gasteiger partial charge is 0.395 e. The lowest BCUT2D eigenvalue weighted by Crippen LogP contribution is -2.35. The highest BCUT2D eigenvalue weighted by Crippen LogP contribution is 2.01. The van der Waals surface area contributed by atoms with Crippen molar-refractivity contribution in [1.29, 1.82) is 0 Å². The summed E-state index contributed by atoms with van der Waals surface area (Å²) in [6.07, 6.45) is 1.78. The van der Waals surface area contributed by atoms with E-state index in [9.17, 15) is 0 Å². The van der Waals surface area contributed by atoms with Crippen LogP contribution in [-0.2, 0) is 11.3 Å². The van der Waals surface area contributed by atoms with Crippen molar-refractivity contribution in [3.63, 3.8) is 0 Å². The summed E-state index contributed by atoms with van der Waals surface area (Å²) in [4.78, 5) is 0. The molecule has 0 aliphatic carbocycles. The van der Waals surface area contributed by atoms with E-state index in [-0.39, 0.29) is 12.6 Å². The summed E-state index contributed by atoms with van der Waals surface area (Å²) in [5.41, 5.74) is 2.16. The van der Waals surface area contributed by atoms with Crippen LogP contribution in [0.4, 0.5) is 0 Å². The van der Waals surface area contributed by atoms with E-state index in [0.717, 1.165) is 11.3 Å². The summed E-state index contributed by atoms with van der Waals surface area (Å²) in [7, 11) is 1.62. The van der Waals surface area contributed by atoms with Gasteiger partial charge in [-0.05, 0) is 6.92 Å². The molecular formula is C9H17N3O2. The molecule has 0 saturated carbocycles. The fourth-order valence-corrected chi connectivity index (χ4v) is 1.19. The van der Waals surface area contributed by atoms with E-state index in [1.807, 2.05) is 6.92 Å². The van der Waals surface area contributed by atoms with Crippen LogP contribution in [0, 0.1) is 6.92 Å². The molecule has 1 aromatic rings. The number of aromatic amines is 1. The molecule has 1 heterocycles. The molecule has 0 bridgehead atoms. The molecule has 1 rings (SSSR count). The zero-order chi connectivity index (χ0) is 10.4.